The molecule has 1 heterocycles. The molecule has 0 aliphatic heterocycles. The number of hydrogen-bond donors (Lipinski definition) is 2. The molecule has 35 heavy (non-hydrogen) atoms. The first-order valence-corrected chi connectivity index (χ1v) is 12.9. The van der Waals surface area contributed by atoms with Crippen LogP contribution in [0.4, 0.5) is 17.4 Å². The van der Waals surface area contributed by atoms with Gasteiger partial charge >= 0.3 is 5.97 Å². The van der Waals surface area contributed by atoms with Crippen LogP contribution in [0.3, 0.4) is 0 Å². The molecule has 1 aromatic heterocycles. The predicted octanol–water partition coefficient (Wildman–Crippen LogP) is 7.07. The zero-order chi connectivity index (χ0) is 24.4. The van der Waals surface area contributed by atoms with Crippen molar-refractivity contribution in [3.63, 3.8) is 0 Å². The van der Waals surface area contributed by atoms with Crippen LogP contribution >= 0.6 is 0 Å². The summed E-state index contributed by atoms with van der Waals surface area (Å²) < 4.78 is 5.82. The minimum absolute atomic E-state index is 0.0692. The van der Waals surface area contributed by atoms with Gasteiger partial charge in [-0.25, -0.2) is 0 Å². The fourth-order valence-corrected chi connectivity index (χ4v) is 5.39. The third kappa shape index (κ3) is 5.37. The zero-order valence-electron chi connectivity index (χ0n) is 20.6. The predicted molar refractivity (Wildman–Crippen MR) is 139 cm³/mol. The molecule has 0 amide bonds. The molecule has 0 saturated heterocycles. The third-order valence-corrected chi connectivity index (χ3v) is 7.26. The molecule has 0 unspecified atom stereocenters. The summed E-state index contributed by atoms with van der Waals surface area (Å²) in [5.74, 6) is -0.405. The van der Waals surface area contributed by atoms with Gasteiger partial charge in [0.1, 0.15) is 12.0 Å². The average Bonchev–Trinajstić information content (AvgIpc) is 3.55. The molecule has 2 aliphatic rings. The fraction of sp³-hybridized carbons (Fsp3) is 0.448. The number of aromatic nitrogens is 1. The summed E-state index contributed by atoms with van der Waals surface area (Å²) in [6, 6.07) is 17.4. The zero-order valence-corrected chi connectivity index (χ0v) is 20.6. The summed E-state index contributed by atoms with van der Waals surface area (Å²) in [6.07, 6.45) is 8.63. The Morgan fingerprint density at radius 3 is 2.60 bits per heavy atom. The van der Waals surface area contributed by atoms with Crippen molar-refractivity contribution in [2.45, 2.75) is 64.3 Å². The van der Waals surface area contributed by atoms with Crippen molar-refractivity contribution in [2.24, 2.45) is 11.8 Å². The van der Waals surface area contributed by atoms with Gasteiger partial charge in [0.15, 0.2) is 0 Å². The van der Waals surface area contributed by atoms with Gasteiger partial charge in [-0.1, -0.05) is 69.5 Å². The van der Waals surface area contributed by atoms with Crippen LogP contribution in [0.1, 0.15) is 63.9 Å². The summed E-state index contributed by atoms with van der Waals surface area (Å²) >= 11 is 0. The van der Waals surface area contributed by atoms with Crippen LogP contribution < -0.4 is 10.2 Å². The van der Waals surface area contributed by atoms with Gasteiger partial charge in [0.2, 0.25) is 0 Å². The van der Waals surface area contributed by atoms with Gasteiger partial charge in [0, 0.05) is 18.2 Å². The highest BCUT2D eigenvalue weighted by Gasteiger charge is 2.44. The highest BCUT2D eigenvalue weighted by atomic mass is 16.4. The first kappa shape index (κ1) is 23.5. The van der Waals surface area contributed by atoms with Crippen LogP contribution in [-0.2, 0) is 4.79 Å². The van der Waals surface area contributed by atoms with E-state index in [4.69, 9.17) is 9.40 Å². The van der Waals surface area contributed by atoms with Crippen LogP contribution in [0.15, 0.2) is 59.2 Å². The van der Waals surface area contributed by atoms with Crippen LogP contribution in [0.2, 0.25) is 0 Å². The second-order valence-electron chi connectivity index (χ2n) is 10.4. The molecule has 2 atom stereocenters. The van der Waals surface area contributed by atoms with E-state index in [1.807, 2.05) is 30.3 Å². The highest BCUT2D eigenvalue weighted by molar-refractivity contribution is 5.78. The minimum Gasteiger partial charge on any atom is -0.481 e. The second kappa shape index (κ2) is 10.1. The molecule has 0 radical (unpaired) electrons. The van der Waals surface area contributed by atoms with E-state index >= 15 is 0 Å². The van der Waals surface area contributed by atoms with Crippen molar-refractivity contribution in [2.75, 3.05) is 16.8 Å². The molecule has 3 aromatic rings. The number of aliphatic carboxylic acids is 1. The quantitative estimate of drug-likeness (QED) is 0.346. The van der Waals surface area contributed by atoms with Gasteiger partial charge in [-0.3, -0.25) is 4.79 Å². The molecular formula is C29H35N3O3. The Hall–Kier alpha value is -3.28. The maximum absolute atomic E-state index is 11.5. The smallest absolute Gasteiger partial charge is 0.307 e. The highest BCUT2D eigenvalue weighted by Crippen LogP contribution is 2.49. The van der Waals surface area contributed by atoms with E-state index in [0.717, 1.165) is 34.7 Å². The van der Waals surface area contributed by atoms with E-state index in [1.165, 1.54) is 32.1 Å². The van der Waals surface area contributed by atoms with Crippen LogP contribution in [-0.4, -0.2) is 28.6 Å². The maximum Gasteiger partial charge on any atom is 0.307 e. The van der Waals surface area contributed by atoms with Gasteiger partial charge in [-0.05, 0) is 48.8 Å². The summed E-state index contributed by atoms with van der Waals surface area (Å²) in [6.45, 7) is 5.50. The molecule has 0 spiro atoms. The molecule has 2 saturated carbocycles. The molecular weight excluding hydrogens is 438 g/mol. The van der Waals surface area contributed by atoms with Gasteiger partial charge in [-0.15, -0.1) is 0 Å². The molecule has 2 fully saturated rings. The number of nitrogens with zero attached hydrogens (tertiary/aromatic N) is 2. The van der Waals surface area contributed by atoms with Crippen LogP contribution in [0.5, 0.6) is 0 Å². The largest absolute Gasteiger partial charge is 0.481 e. The molecule has 6 nitrogen and oxygen atoms in total. The summed E-state index contributed by atoms with van der Waals surface area (Å²) in [4.78, 5) is 18.8. The molecule has 5 rings (SSSR count). The number of anilines is 3. The molecule has 2 aliphatic carbocycles. The van der Waals surface area contributed by atoms with Crippen molar-refractivity contribution >= 4 is 23.4 Å². The Labute approximate surface area is 207 Å². The Bertz CT molecular complexity index is 1150. The van der Waals surface area contributed by atoms with Crippen LogP contribution in [0, 0.1) is 11.8 Å². The number of oxazole rings is 1. The van der Waals surface area contributed by atoms with E-state index in [2.05, 4.69) is 42.3 Å². The Kier molecular flexibility index (Phi) is 6.80. The van der Waals surface area contributed by atoms with Crippen LogP contribution in [0.25, 0.3) is 11.3 Å². The van der Waals surface area contributed by atoms with Gasteiger partial charge in [-0.2, -0.15) is 4.98 Å². The number of carboxylic acid groups (broad SMARTS) is 1. The fourth-order valence-electron chi connectivity index (χ4n) is 5.39. The Balaban J connectivity index is 1.49. The standard InChI is InChI=1S/C29H35N3O3/c1-19(2)17-32(22-11-7-4-8-12-22)27-14-13-21(23-16-24(23)28(33)34)15-25(27)30-29-31-26(18-35-29)20-9-5-3-6-10-20/h3,5-6,9-10,13-15,18-19,22-24H,4,7-8,11-12,16-17H2,1-2H3,(H,30,31)(H,33,34)/t23-,24-/m1/s1. The topological polar surface area (TPSA) is 78.6 Å². The average molecular weight is 474 g/mol. The number of hydrogen-bond acceptors (Lipinski definition) is 5. The first-order chi connectivity index (χ1) is 17.0. The van der Waals surface area contributed by atoms with E-state index in [9.17, 15) is 9.90 Å². The molecule has 2 N–H and O–H groups in total. The minimum atomic E-state index is -0.711. The number of nitrogens with one attached hydrogen (secondary N) is 1. The third-order valence-electron chi connectivity index (χ3n) is 7.26. The summed E-state index contributed by atoms with van der Waals surface area (Å²) in [5.41, 5.74) is 4.92. The normalized spacial score (nSPS) is 20.1. The lowest BCUT2D eigenvalue weighted by molar-refractivity contribution is -0.138. The number of benzene rings is 2. The summed E-state index contributed by atoms with van der Waals surface area (Å²) in [7, 11) is 0. The van der Waals surface area contributed by atoms with Crippen molar-refractivity contribution in [1.82, 2.24) is 4.98 Å². The van der Waals surface area contributed by atoms with Crippen molar-refractivity contribution in [3.05, 3.63) is 60.4 Å². The van der Waals surface area contributed by atoms with Crippen molar-refractivity contribution in [3.8, 4) is 11.3 Å². The molecule has 184 valence electrons. The molecule has 6 heteroatoms. The van der Waals surface area contributed by atoms with E-state index < -0.39 is 5.97 Å². The lowest BCUT2D eigenvalue weighted by atomic mass is 9.92. The first-order valence-electron chi connectivity index (χ1n) is 12.9. The number of carboxylic acids is 1. The molecule has 2 aromatic carbocycles. The van der Waals surface area contributed by atoms with E-state index in [1.54, 1.807) is 6.26 Å². The van der Waals surface area contributed by atoms with E-state index in [0.29, 0.717) is 24.4 Å². The Morgan fingerprint density at radius 1 is 1.14 bits per heavy atom. The Morgan fingerprint density at radius 2 is 1.91 bits per heavy atom. The van der Waals surface area contributed by atoms with Gasteiger partial charge in [0.05, 0.1) is 17.3 Å². The lowest BCUT2D eigenvalue weighted by Crippen LogP contribution is -2.39. The van der Waals surface area contributed by atoms with Crippen molar-refractivity contribution < 1.29 is 14.3 Å². The van der Waals surface area contributed by atoms with E-state index in [-0.39, 0.29) is 11.8 Å². The summed E-state index contributed by atoms with van der Waals surface area (Å²) in [5, 5.41) is 12.9. The second-order valence-corrected chi connectivity index (χ2v) is 10.4. The van der Waals surface area contributed by atoms with Gasteiger partial charge in [0.25, 0.3) is 6.01 Å². The maximum atomic E-state index is 11.5. The lowest BCUT2D eigenvalue weighted by Gasteiger charge is -2.38. The number of rotatable bonds is 9. The van der Waals surface area contributed by atoms with Gasteiger partial charge < -0.3 is 19.7 Å². The monoisotopic (exact) mass is 473 g/mol. The SMILES string of the molecule is CC(C)CN(c1ccc([C@H]2C[C@H]2C(=O)O)cc1Nc1nc(-c2ccccc2)co1)C1CCCCC1. The molecule has 0 bridgehead atoms. The van der Waals surface area contributed by atoms with Crippen molar-refractivity contribution in [1.29, 1.82) is 0 Å². The number of carbonyl (C=O) groups is 1.